The van der Waals surface area contributed by atoms with Crippen molar-refractivity contribution < 1.29 is 8.78 Å². The highest BCUT2D eigenvalue weighted by molar-refractivity contribution is 5.88. The Hall–Kier alpha value is -2.40. The molecule has 2 N–H and O–H groups in total. The zero-order valence-corrected chi connectivity index (χ0v) is 16.2. The van der Waals surface area contributed by atoms with Gasteiger partial charge in [0.05, 0.1) is 0 Å². The van der Waals surface area contributed by atoms with E-state index in [1.54, 1.807) is 6.07 Å². The predicted octanol–water partition coefficient (Wildman–Crippen LogP) is 5.69. The number of benzene rings is 2. The van der Waals surface area contributed by atoms with Crippen LogP contribution in [0.3, 0.4) is 0 Å². The molecule has 2 heterocycles. The summed E-state index contributed by atoms with van der Waals surface area (Å²) in [6, 6.07) is 10.0. The Labute approximate surface area is 159 Å². The minimum absolute atomic E-state index is 0.539. The van der Waals surface area contributed by atoms with Crippen LogP contribution in [0.2, 0.25) is 0 Å². The van der Waals surface area contributed by atoms with Crippen molar-refractivity contribution in [3.63, 3.8) is 0 Å². The molecule has 3 aromatic rings. The Balaban J connectivity index is 0.00000102. The van der Waals surface area contributed by atoms with Gasteiger partial charge in [0.25, 0.3) is 0 Å². The van der Waals surface area contributed by atoms with Gasteiger partial charge >= 0.3 is 0 Å². The Morgan fingerprint density at radius 2 is 1.63 bits per heavy atom. The number of hydrogen-bond acceptors (Lipinski definition) is 2. The van der Waals surface area contributed by atoms with Gasteiger partial charge in [0.15, 0.2) is 11.6 Å². The molecule has 5 heteroatoms. The third-order valence-electron chi connectivity index (χ3n) is 5.01. The van der Waals surface area contributed by atoms with Crippen molar-refractivity contribution in [3.05, 3.63) is 59.8 Å². The van der Waals surface area contributed by atoms with Gasteiger partial charge in [-0.2, -0.15) is 0 Å². The molecule has 0 spiro atoms. The second-order valence-corrected chi connectivity index (χ2v) is 6.71. The topological polar surface area (TPSA) is 29.0 Å². The molecule has 0 bridgehead atoms. The molecule has 4 rings (SSSR count). The second-order valence-electron chi connectivity index (χ2n) is 6.71. The molecule has 1 saturated heterocycles. The molecule has 2 aromatic carbocycles. The van der Waals surface area contributed by atoms with Crippen LogP contribution in [0.25, 0.3) is 10.9 Å². The van der Waals surface area contributed by atoms with Gasteiger partial charge in [-0.25, -0.2) is 8.78 Å². The first-order valence-electron chi connectivity index (χ1n) is 9.63. The van der Waals surface area contributed by atoms with Gasteiger partial charge in [0.1, 0.15) is 0 Å². The first kappa shape index (κ1) is 19.4. The van der Waals surface area contributed by atoms with E-state index in [0.717, 1.165) is 37.7 Å². The second kappa shape index (κ2) is 8.53. The molecule has 144 valence electrons. The number of piperidine rings is 1. The Kier molecular flexibility index (Phi) is 6.11. The highest BCUT2D eigenvalue weighted by atomic mass is 19.2. The van der Waals surface area contributed by atoms with Gasteiger partial charge in [-0.05, 0) is 67.7 Å². The van der Waals surface area contributed by atoms with Crippen LogP contribution >= 0.6 is 0 Å². The van der Waals surface area contributed by atoms with Gasteiger partial charge in [-0.3, -0.25) is 0 Å². The minimum atomic E-state index is -0.846. The van der Waals surface area contributed by atoms with Crippen LogP contribution in [0.5, 0.6) is 0 Å². The first-order chi connectivity index (χ1) is 13.1. The van der Waals surface area contributed by atoms with Gasteiger partial charge < -0.3 is 15.2 Å². The van der Waals surface area contributed by atoms with Crippen LogP contribution in [0.15, 0.2) is 42.6 Å². The lowest BCUT2D eigenvalue weighted by molar-refractivity contribution is 0.462. The summed E-state index contributed by atoms with van der Waals surface area (Å²) in [5.74, 6) is -1.12. The third-order valence-corrected chi connectivity index (χ3v) is 5.01. The first-order valence-corrected chi connectivity index (χ1v) is 9.63. The number of nitrogens with one attached hydrogen (secondary N) is 2. The van der Waals surface area contributed by atoms with Crippen LogP contribution in [0.1, 0.15) is 38.2 Å². The molecule has 0 amide bonds. The lowest BCUT2D eigenvalue weighted by Crippen LogP contribution is -2.26. The molecule has 0 radical (unpaired) electrons. The number of aromatic nitrogens is 1. The normalized spacial score (nSPS) is 14.7. The average Bonchev–Trinajstić information content (AvgIpc) is 3.03. The van der Waals surface area contributed by atoms with E-state index in [2.05, 4.69) is 40.6 Å². The molecule has 1 aromatic heterocycles. The Morgan fingerprint density at radius 1 is 0.963 bits per heavy atom. The zero-order chi connectivity index (χ0) is 19.4. The van der Waals surface area contributed by atoms with Crippen LogP contribution < -0.4 is 10.6 Å². The quantitative estimate of drug-likeness (QED) is 0.619. The lowest BCUT2D eigenvalue weighted by atomic mass is 9.90. The minimum Gasteiger partial charge on any atom is -0.355 e. The summed E-state index contributed by atoms with van der Waals surface area (Å²) in [5.41, 5.74) is 3.97. The van der Waals surface area contributed by atoms with Crippen LogP contribution in [-0.2, 0) is 7.05 Å². The third kappa shape index (κ3) is 4.14. The number of nitrogens with zero attached hydrogens (tertiary/aromatic N) is 1. The number of aryl methyl sites for hydroxylation is 1. The monoisotopic (exact) mass is 371 g/mol. The number of anilines is 2. The van der Waals surface area contributed by atoms with Gasteiger partial charge in [-0.1, -0.05) is 13.8 Å². The van der Waals surface area contributed by atoms with Crippen molar-refractivity contribution >= 4 is 22.3 Å². The van der Waals surface area contributed by atoms with Gasteiger partial charge in [0, 0.05) is 41.6 Å². The van der Waals surface area contributed by atoms with E-state index in [1.807, 2.05) is 19.9 Å². The summed E-state index contributed by atoms with van der Waals surface area (Å²) >= 11 is 0. The molecule has 27 heavy (non-hydrogen) atoms. The number of hydrogen-bond donors (Lipinski definition) is 2. The zero-order valence-electron chi connectivity index (χ0n) is 16.2. The van der Waals surface area contributed by atoms with E-state index in [4.69, 9.17) is 0 Å². The van der Waals surface area contributed by atoms with E-state index in [-0.39, 0.29) is 0 Å². The summed E-state index contributed by atoms with van der Waals surface area (Å²) in [5, 5.41) is 7.81. The molecule has 3 nitrogen and oxygen atoms in total. The van der Waals surface area contributed by atoms with E-state index >= 15 is 0 Å². The van der Waals surface area contributed by atoms with Crippen LogP contribution in [-0.4, -0.2) is 17.7 Å². The fourth-order valence-corrected chi connectivity index (χ4v) is 3.70. The van der Waals surface area contributed by atoms with E-state index in [1.165, 1.54) is 22.5 Å². The standard InChI is InChI=1S/C20H21F2N3.C2H6/c1-25-12-17(13-6-8-23-9-7-13)16-10-14(3-5-20(16)25)24-15-2-4-18(21)19(22)11-15;1-2/h2-5,10-13,23-24H,6-9H2,1H3;1-2H3. The Morgan fingerprint density at radius 3 is 2.33 bits per heavy atom. The fourth-order valence-electron chi connectivity index (χ4n) is 3.70. The van der Waals surface area contributed by atoms with Crippen molar-refractivity contribution in [3.8, 4) is 0 Å². The molecule has 1 aliphatic heterocycles. The van der Waals surface area contributed by atoms with Crippen LogP contribution in [0, 0.1) is 11.6 Å². The maximum atomic E-state index is 13.4. The van der Waals surface area contributed by atoms with E-state index in [9.17, 15) is 8.78 Å². The molecule has 1 aliphatic rings. The smallest absolute Gasteiger partial charge is 0.160 e. The summed E-state index contributed by atoms with van der Waals surface area (Å²) < 4.78 is 28.7. The SMILES string of the molecule is CC.Cn1cc(C2CCNCC2)c2cc(Nc3ccc(F)c(F)c3)ccc21. The van der Waals surface area contributed by atoms with Crippen molar-refractivity contribution in [1.29, 1.82) is 0 Å². The lowest BCUT2D eigenvalue weighted by Gasteiger charge is -2.22. The van der Waals surface area contributed by atoms with Gasteiger partial charge in [-0.15, -0.1) is 0 Å². The maximum absolute atomic E-state index is 13.4. The number of fused-ring (bicyclic) bond motifs is 1. The summed E-state index contributed by atoms with van der Waals surface area (Å²) in [7, 11) is 2.06. The molecule has 0 saturated carbocycles. The summed E-state index contributed by atoms with van der Waals surface area (Å²) in [4.78, 5) is 0. The van der Waals surface area contributed by atoms with Crippen molar-refractivity contribution in [2.75, 3.05) is 18.4 Å². The van der Waals surface area contributed by atoms with Crippen molar-refractivity contribution in [2.24, 2.45) is 7.05 Å². The molecular formula is C22H27F2N3. The maximum Gasteiger partial charge on any atom is 0.160 e. The predicted molar refractivity (Wildman–Crippen MR) is 109 cm³/mol. The van der Waals surface area contributed by atoms with E-state index in [0.29, 0.717) is 11.6 Å². The molecule has 0 unspecified atom stereocenters. The summed E-state index contributed by atoms with van der Waals surface area (Å²) in [6.07, 6.45) is 4.50. The number of halogens is 2. The molecular weight excluding hydrogens is 344 g/mol. The van der Waals surface area contributed by atoms with Crippen molar-refractivity contribution in [1.82, 2.24) is 9.88 Å². The average molecular weight is 371 g/mol. The highest BCUT2D eigenvalue weighted by Crippen LogP contribution is 2.34. The summed E-state index contributed by atoms with van der Waals surface area (Å²) in [6.45, 7) is 6.10. The fraction of sp³-hybridized carbons (Fsp3) is 0.364. The molecule has 0 aliphatic carbocycles. The van der Waals surface area contributed by atoms with Gasteiger partial charge in [0.2, 0.25) is 0 Å². The molecule has 0 atom stereocenters. The van der Waals surface area contributed by atoms with Crippen molar-refractivity contribution in [2.45, 2.75) is 32.6 Å². The molecule has 1 fully saturated rings. The van der Waals surface area contributed by atoms with E-state index < -0.39 is 11.6 Å². The van der Waals surface area contributed by atoms with Crippen LogP contribution in [0.4, 0.5) is 20.2 Å². The highest BCUT2D eigenvalue weighted by Gasteiger charge is 2.19. The largest absolute Gasteiger partial charge is 0.355 e. The number of rotatable bonds is 3. The Bertz CT molecular complexity index is 911.